The fourth-order valence-corrected chi connectivity index (χ4v) is 1.88. The second-order valence-corrected chi connectivity index (χ2v) is 3.89. The molecule has 1 amide bonds. The van der Waals surface area contributed by atoms with Crippen LogP contribution in [0.1, 0.15) is 6.92 Å². The summed E-state index contributed by atoms with van der Waals surface area (Å²) in [7, 11) is 0. The van der Waals surface area contributed by atoms with Gasteiger partial charge in [0.1, 0.15) is 5.82 Å². The molecule has 2 rings (SSSR count). The fourth-order valence-electron chi connectivity index (χ4n) is 1.88. The van der Waals surface area contributed by atoms with Gasteiger partial charge in [0, 0.05) is 39.2 Å². The third kappa shape index (κ3) is 2.24. The number of rotatable bonds is 1. The van der Waals surface area contributed by atoms with Gasteiger partial charge in [0.15, 0.2) is 0 Å². The Balaban J connectivity index is 2.04. The molecule has 0 spiro atoms. The Morgan fingerprint density at radius 1 is 1.25 bits per heavy atom. The molecule has 1 aliphatic heterocycles. The normalized spacial score (nSPS) is 16.3. The monoisotopic (exact) mass is 221 g/mol. The van der Waals surface area contributed by atoms with Crippen molar-refractivity contribution in [3.63, 3.8) is 0 Å². The molecule has 5 nitrogen and oxygen atoms in total. The number of pyridine rings is 1. The first kappa shape index (κ1) is 10.7. The molecule has 1 aromatic heterocycles. The van der Waals surface area contributed by atoms with Crippen LogP contribution in [0.3, 0.4) is 0 Å². The highest BCUT2D eigenvalue weighted by molar-refractivity contribution is 5.73. The van der Waals surface area contributed by atoms with E-state index in [-0.39, 0.29) is 11.5 Å². The van der Waals surface area contributed by atoms with E-state index in [0.29, 0.717) is 13.1 Å². The average Bonchev–Trinajstić information content (AvgIpc) is 2.29. The van der Waals surface area contributed by atoms with Gasteiger partial charge >= 0.3 is 0 Å². The number of anilines is 1. The van der Waals surface area contributed by atoms with E-state index in [9.17, 15) is 9.59 Å². The number of piperazine rings is 1. The molecule has 5 heteroatoms. The third-order valence-electron chi connectivity index (χ3n) is 2.82. The van der Waals surface area contributed by atoms with Crippen molar-refractivity contribution in [3.05, 3.63) is 28.6 Å². The van der Waals surface area contributed by atoms with Crippen molar-refractivity contribution >= 4 is 11.7 Å². The number of nitrogens with one attached hydrogen (secondary N) is 1. The summed E-state index contributed by atoms with van der Waals surface area (Å²) in [6, 6.07) is 5.12. The van der Waals surface area contributed by atoms with Crippen LogP contribution in [0.5, 0.6) is 0 Å². The maximum absolute atomic E-state index is 11.2. The number of aromatic amines is 1. The first-order valence-electron chi connectivity index (χ1n) is 5.36. The van der Waals surface area contributed by atoms with Crippen LogP contribution in [-0.4, -0.2) is 42.0 Å². The lowest BCUT2D eigenvalue weighted by molar-refractivity contribution is -0.129. The lowest BCUT2D eigenvalue weighted by atomic mass is 10.3. The van der Waals surface area contributed by atoms with Crippen molar-refractivity contribution in [1.29, 1.82) is 0 Å². The second-order valence-electron chi connectivity index (χ2n) is 3.89. The molecule has 0 aromatic carbocycles. The van der Waals surface area contributed by atoms with Gasteiger partial charge in [-0.15, -0.1) is 0 Å². The molecule has 0 atom stereocenters. The number of carbonyl (C=O) groups excluding carboxylic acids is 1. The Hall–Kier alpha value is -1.78. The molecule has 0 unspecified atom stereocenters. The largest absolute Gasteiger partial charge is 0.355 e. The maximum atomic E-state index is 11.2. The first-order valence-corrected chi connectivity index (χ1v) is 5.36. The van der Waals surface area contributed by atoms with Gasteiger partial charge in [0.05, 0.1) is 0 Å². The molecule has 2 heterocycles. The van der Waals surface area contributed by atoms with Crippen LogP contribution >= 0.6 is 0 Å². The van der Waals surface area contributed by atoms with Crippen molar-refractivity contribution in [2.75, 3.05) is 31.1 Å². The van der Waals surface area contributed by atoms with Crippen LogP contribution in [-0.2, 0) is 4.79 Å². The van der Waals surface area contributed by atoms with Gasteiger partial charge in [0.2, 0.25) is 11.5 Å². The van der Waals surface area contributed by atoms with Crippen molar-refractivity contribution < 1.29 is 4.79 Å². The Bertz CT molecular complexity index is 433. The predicted molar refractivity (Wildman–Crippen MR) is 61.5 cm³/mol. The highest BCUT2D eigenvalue weighted by atomic mass is 16.2. The van der Waals surface area contributed by atoms with E-state index in [1.54, 1.807) is 13.0 Å². The summed E-state index contributed by atoms with van der Waals surface area (Å²) >= 11 is 0. The standard InChI is InChI=1S/C11H15N3O2/c1-9(15)13-5-7-14(8-6-13)10-3-2-4-11(16)12-10/h2-4H,5-8H2,1H3,(H,12,16). The third-order valence-corrected chi connectivity index (χ3v) is 2.82. The van der Waals surface area contributed by atoms with Gasteiger partial charge in [-0.3, -0.25) is 9.59 Å². The maximum Gasteiger partial charge on any atom is 0.249 e. The summed E-state index contributed by atoms with van der Waals surface area (Å²) < 4.78 is 0. The molecule has 1 aliphatic rings. The summed E-state index contributed by atoms with van der Waals surface area (Å²) in [6.45, 7) is 4.54. The number of amides is 1. The molecular formula is C11H15N3O2. The van der Waals surface area contributed by atoms with Gasteiger partial charge in [-0.1, -0.05) is 6.07 Å². The summed E-state index contributed by atoms with van der Waals surface area (Å²) in [6.07, 6.45) is 0. The number of carbonyl (C=O) groups is 1. The van der Waals surface area contributed by atoms with Gasteiger partial charge in [0.25, 0.3) is 0 Å². The van der Waals surface area contributed by atoms with Crippen molar-refractivity contribution in [1.82, 2.24) is 9.88 Å². The number of H-pyrrole nitrogens is 1. The first-order chi connectivity index (χ1) is 7.66. The van der Waals surface area contributed by atoms with Crippen LogP contribution in [0, 0.1) is 0 Å². The molecule has 0 aliphatic carbocycles. The van der Waals surface area contributed by atoms with Crippen LogP contribution in [0.15, 0.2) is 23.0 Å². The Labute approximate surface area is 93.7 Å². The van der Waals surface area contributed by atoms with E-state index in [4.69, 9.17) is 0 Å². The highest BCUT2D eigenvalue weighted by Crippen LogP contribution is 2.11. The van der Waals surface area contributed by atoms with E-state index in [1.807, 2.05) is 11.0 Å². The molecular weight excluding hydrogens is 206 g/mol. The molecule has 0 radical (unpaired) electrons. The van der Waals surface area contributed by atoms with Crippen LogP contribution in [0.2, 0.25) is 0 Å². The molecule has 1 fully saturated rings. The van der Waals surface area contributed by atoms with Crippen LogP contribution < -0.4 is 10.5 Å². The van der Waals surface area contributed by atoms with Crippen molar-refractivity contribution in [2.24, 2.45) is 0 Å². The van der Waals surface area contributed by atoms with Gasteiger partial charge in [-0.05, 0) is 6.07 Å². The molecule has 86 valence electrons. The SMILES string of the molecule is CC(=O)N1CCN(c2cccc(=O)[nH]2)CC1. The molecule has 1 saturated heterocycles. The zero-order chi connectivity index (χ0) is 11.5. The van der Waals surface area contributed by atoms with Crippen LogP contribution in [0.25, 0.3) is 0 Å². The summed E-state index contributed by atoms with van der Waals surface area (Å²) in [5.41, 5.74) is -0.0912. The molecule has 0 saturated carbocycles. The van der Waals surface area contributed by atoms with Gasteiger partial charge < -0.3 is 14.8 Å². The fraction of sp³-hybridized carbons (Fsp3) is 0.455. The second kappa shape index (κ2) is 4.38. The number of hydrogen-bond donors (Lipinski definition) is 1. The van der Waals surface area contributed by atoms with E-state index in [2.05, 4.69) is 9.88 Å². The number of nitrogens with zero attached hydrogens (tertiary/aromatic N) is 2. The Morgan fingerprint density at radius 3 is 2.50 bits per heavy atom. The van der Waals surface area contributed by atoms with E-state index >= 15 is 0 Å². The minimum atomic E-state index is -0.0912. The number of hydrogen-bond acceptors (Lipinski definition) is 3. The van der Waals surface area contributed by atoms with Crippen molar-refractivity contribution in [2.45, 2.75) is 6.92 Å². The molecule has 16 heavy (non-hydrogen) atoms. The summed E-state index contributed by atoms with van der Waals surface area (Å²) in [5, 5.41) is 0. The molecule has 1 aromatic rings. The number of aromatic nitrogens is 1. The zero-order valence-corrected chi connectivity index (χ0v) is 9.27. The summed E-state index contributed by atoms with van der Waals surface area (Å²) in [5.74, 6) is 0.942. The van der Waals surface area contributed by atoms with E-state index < -0.39 is 0 Å². The average molecular weight is 221 g/mol. The van der Waals surface area contributed by atoms with Crippen molar-refractivity contribution in [3.8, 4) is 0 Å². The van der Waals surface area contributed by atoms with E-state index in [1.165, 1.54) is 6.07 Å². The minimum absolute atomic E-state index is 0.0912. The molecule has 0 bridgehead atoms. The van der Waals surface area contributed by atoms with Crippen LogP contribution in [0.4, 0.5) is 5.82 Å². The quantitative estimate of drug-likeness (QED) is 0.728. The van der Waals surface area contributed by atoms with Gasteiger partial charge in [-0.25, -0.2) is 0 Å². The summed E-state index contributed by atoms with van der Waals surface area (Å²) in [4.78, 5) is 29.0. The minimum Gasteiger partial charge on any atom is -0.355 e. The topological polar surface area (TPSA) is 56.4 Å². The smallest absolute Gasteiger partial charge is 0.249 e. The Kier molecular flexibility index (Phi) is 2.94. The lowest BCUT2D eigenvalue weighted by Crippen LogP contribution is -2.48. The highest BCUT2D eigenvalue weighted by Gasteiger charge is 2.18. The molecule has 1 N–H and O–H groups in total. The predicted octanol–water partition coefficient (Wildman–Crippen LogP) is 0.0434. The lowest BCUT2D eigenvalue weighted by Gasteiger charge is -2.35. The zero-order valence-electron chi connectivity index (χ0n) is 9.27. The Morgan fingerprint density at radius 2 is 1.94 bits per heavy atom. The van der Waals surface area contributed by atoms with Gasteiger partial charge in [-0.2, -0.15) is 0 Å². The van der Waals surface area contributed by atoms with E-state index in [0.717, 1.165) is 18.9 Å².